The van der Waals surface area contributed by atoms with E-state index in [1.807, 2.05) is 0 Å². The fraction of sp³-hybridized carbons (Fsp3) is 0.211. The van der Waals surface area contributed by atoms with Crippen molar-refractivity contribution in [1.82, 2.24) is 14.8 Å². The third-order valence-electron chi connectivity index (χ3n) is 4.61. The van der Waals surface area contributed by atoms with Crippen LogP contribution in [0.4, 0.5) is 14.5 Å². The Kier molecular flexibility index (Phi) is 5.28. The number of benzene rings is 2. The quantitative estimate of drug-likeness (QED) is 0.665. The van der Waals surface area contributed by atoms with Gasteiger partial charge in [-0.15, -0.1) is 11.8 Å². The molecule has 0 saturated heterocycles. The summed E-state index contributed by atoms with van der Waals surface area (Å²) in [5.41, 5.74) is -1.47. The lowest BCUT2D eigenvalue weighted by atomic mass is 9.92. The zero-order valence-corrected chi connectivity index (χ0v) is 16.5. The third kappa shape index (κ3) is 3.98. The highest BCUT2D eigenvalue weighted by Gasteiger charge is 2.39. The molecule has 6 nitrogen and oxygen atoms in total. The van der Waals surface area contributed by atoms with E-state index in [9.17, 15) is 18.7 Å². The van der Waals surface area contributed by atoms with Gasteiger partial charge in [0, 0.05) is 21.5 Å². The fourth-order valence-corrected chi connectivity index (χ4v) is 4.49. The SMILES string of the molecule is O=C1CSc2cc(Cl)ccc2N1CC(O)(Cn1cncn1)c1ccc(F)cc1F. The van der Waals surface area contributed by atoms with Crippen LogP contribution in [0.3, 0.4) is 0 Å². The summed E-state index contributed by atoms with van der Waals surface area (Å²) in [4.78, 5) is 18.7. The van der Waals surface area contributed by atoms with Gasteiger partial charge in [0.1, 0.15) is 29.9 Å². The standard InChI is InChI=1S/C19H15ClF2N4O2S/c20-12-1-4-16-17(5-12)29-7-18(27)26(16)9-19(28,8-25-11-23-10-24-25)14-3-2-13(21)6-15(14)22/h1-6,10-11,28H,7-9H2. The molecule has 1 N–H and O–H groups in total. The van der Waals surface area contributed by atoms with E-state index >= 15 is 0 Å². The average Bonchev–Trinajstić information content (AvgIpc) is 3.16. The summed E-state index contributed by atoms with van der Waals surface area (Å²) in [5, 5.41) is 16.0. The molecule has 1 aromatic heterocycles. The fourth-order valence-electron chi connectivity index (χ4n) is 3.28. The number of hydrogen-bond donors (Lipinski definition) is 1. The van der Waals surface area contributed by atoms with Gasteiger partial charge in [-0.2, -0.15) is 5.10 Å². The summed E-state index contributed by atoms with van der Waals surface area (Å²) in [7, 11) is 0. The van der Waals surface area contributed by atoms with Gasteiger partial charge >= 0.3 is 0 Å². The van der Waals surface area contributed by atoms with Crippen LogP contribution in [0.25, 0.3) is 0 Å². The summed E-state index contributed by atoms with van der Waals surface area (Å²) in [6.45, 7) is -0.446. The summed E-state index contributed by atoms with van der Waals surface area (Å²) in [6, 6.07) is 7.99. The molecule has 0 bridgehead atoms. The van der Waals surface area contributed by atoms with Crippen molar-refractivity contribution in [2.24, 2.45) is 0 Å². The van der Waals surface area contributed by atoms with Crippen molar-refractivity contribution in [3.05, 3.63) is 71.3 Å². The molecule has 1 unspecified atom stereocenters. The minimum Gasteiger partial charge on any atom is -0.381 e. The predicted molar refractivity (Wildman–Crippen MR) is 105 cm³/mol. The number of carbonyl (C=O) groups is 1. The molecule has 10 heteroatoms. The molecule has 0 spiro atoms. The van der Waals surface area contributed by atoms with Gasteiger partial charge in [0.25, 0.3) is 0 Å². The van der Waals surface area contributed by atoms with Crippen LogP contribution in [0.1, 0.15) is 5.56 Å². The molecule has 1 aliphatic rings. The number of anilines is 1. The van der Waals surface area contributed by atoms with Crippen LogP contribution in [-0.2, 0) is 16.9 Å². The van der Waals surface area contributed by atoms with Gasteiger partial charge in [0.05, 0.1) is 24.5 Å². The van der Waals surface area contributed by atoms with E-state index in [1.165, 1.54) is 40.1 Å². The molecule has 0 aliphatic carbocycles. The van der Waals surface area contributed by atoms with Crippen LogP contribution < -0.4 is 4.90 Å². The van der Waals surface area contributed by atoms with E-state index in [0.717, 1.165) is 11.0 Å². The van der Waals surface area contributed by atoms with Gasteiger partial charge in [0.2, 0.25) is 5.91 Å². The van der Waals surface area contributed by atoms with E-state index in [-0.39, 0.29) is 30.3 Å². The molecule has 1 atom stereocenters. The normalized spacial score (nSPS) is 15.9. The van der Waals surface area contributed by atoms with Crippen molar-refractivity contribution in [3.63, 3.8) is 0 Å². The second kappa shape index (κ2) is 7.74. The van der Waals surface area contributed by atoms with Crippen molar-refractivity contribution < 1.29 is 18.7 Å². The first kappa shape index (κ1) is 19.8. The molecule has 29 heavy (non-hydrogen) atoms. The van der Waals surface area contributed by atoms with Crippen LogP contribution in [0.15, 0.2) is 53.9 Å². The van der Waals surface area contributed by atoms with Crippen LogP contribution in [-0.4, -0.2) is 38.1 Å². The molecule has 1 aliphatic heterocycles. The highest BCUT2D eigenvalue weighted by Crippen LogP contribution is 2.39. The first-order chi connectivity index (χ1) is 13.9. The van der Waals surface area contributed by atoms with Gasteiger partial charge in [-0.3, -0.25) is 4.79 Å². The largest absolute Gasteiger partial charge is 0.381 e. The third-order valence-corrected chi connectivity index (χ3v) is 5.87. The number of carbonyl (C=O) groups excluding carboxylic acids is 1. The van der Waals surface area contributed by atoms with Gasteiger partial charge in [0.15, 0.2) is 0 Å². The zero-order chi connectivity index (χ0) is 20.6. The van der Waals surface area contributed by atoms with E-state index in [4.69, 9.17) is 11.6 Å². The predicted octanol–water partition coefficient (Wildman–Crippen LogP) is 3.24. The first-order valence-electron chi connectivity index (χ1n) is 8.59. The lowest BCUT2D eigenvalue weighted by Gasteiger charge is -2.37. The lowest BCUT2D eigenvalue weighted by molar-refractivity contribution is -0.117. The Morgan fingerprint density at radius 2 is 2.03 bits per heavy atom. The van der Waals surface area contributed by atoms with E-state index in [1.54, 1.807) is 18.2 Å². The summed E-state index contributed by atoms with van der Waals surface area (Å²) >= 11 is 7.39. The summed E-state index contributed by atoms with van der Waals surface area (Å²) in [5.74, 6) is -1.77. The number of amides is 1. The molecule has 150 valence electrons. The van der Waals surface area contributed by atoms with Crippen molar-refractivity contribution >= 4 is 35.0 Å². The maximum absolute atomic E-state index is 14.6. The van der Waals surface area contributed by atoms with Gasteiger partial charge in [-0.1, -0.05) is 17.7 Å². The monoisotopic (exact) mass is 436 g/mol. The number of hydrogen-bond acceptors (Lipinski definition) is 5. The number of aromatic nitrogens is 3. The number of rotatable bonds is 5. The smallest absolute Gasteiger partial charge is 0.237 e. The van der Waals surface area contributed by atoms with Crippen molar-refractivity contribution in [2.45, 2.75) is 17.0 Å². The van der Waals surface area contributed by atoms with Crippen molar-refractivity contribution in [1.29, 1.82) is 0 Å². The number of halogens is 3. The van der Waals surface area contributed by atoms with Gasteiger partial charge < -0.3 is 10.0 Å². The number of fused-ring (bicyclic) bond motifs is 1. The van der Waals surface area contributed by atoms with Crippen LogP contribution >= 0.6 is 23.4 Å². The zero-order valence-electron chi connectivity index (χ0n) is 14.9. The molecular weight excluding hydrogens is 422 g/mol. The number of nitrogens with zero attached hydrogens (tertiary/aromatic N) is 4. The van der Waals surface area contributed by atoms with E-state index < -0.39 is 17.2 Å². The van der Waals surface area contributed by atoms with Crippen LogP contribution in [0.5, 0.6) is 0 Å². The van der Waals surface area contributed by atoms with Crippen LogP contribution in [0.2, 0.25) is 5.02 Å². The molecule has 2 heterocycles. The van der Waals surface area contributed by atoms with E-state index in [2.05, 4.69) is 10.1 Å². The Labute approximate surface area is 174 Å². The molecule has 4 rings (SSSR count). The summed E-state index contributed by atoms with van der Waals surface area (Å²) < 4.78 is 29.4. The maximum Gasteiger partial charge on any atom is 0.237 e. The Bertz CT molecular complexity index is 1070. The highest BCUT2D eigenvalue weighted by atomic mass is 35.5. The van der Waals surface area contributed by atoms with Gasteiger partial charge in [-0.25, -0.2) is 18.4 Å². The topological polar surface area (TPSA) is 71.2 Å². The molecule has 2 aromatic carbocycles. The molecule has 3 aromatic rings. The Balaban J connectivity index is 1.77. The molecule has 0 radical (unpaired) electrons. The average molecular weight is 437 g/mol. The number of aliphatic hydroxyl groups is 1. The molecule has 0 fully saturated rings. The first-order valence-corrected chi connectivity index (χ1v) is 9.95. The second-order valence-electron chi connectivity index (χ2n) is 6.63. The van der Waals surface area contributed by atoms with Gasteiger partial charge in [-0.05, 0) is 24.3 Å². The highest BCUT2D eigenvalue weighted by molar-refractivity contribution is 8.00. The Hall–Kier alpha value is -2.49. The number of thioether (sulfide) groups is 1. The van der Waals surface area contributed by atoms with Crippen LogP contribution in [0, 0.1) is 11.6 Å². The molecule has 1 amide bonds. The van der Waals surface area contributed by atoms with Crippen molar-refractivity contribution in [3.8, 4) is 0 Å². The Morgan fingerprint density at radius 1 is 1.21 bits per heavy atom. The molecule has 0 saturated carbocycles. The number of β-amino-alcohol motifs (C(OH)–C–C–N with tert-alkyl or cyclic N) is 1. The maximum atomic E-state index is 14.6. The second-order valence-corrected chi connectivity index (χ2v) is 8.08. The minimum absolute atomic E-state index is 0.143. The minimum atomic E-state index is -1.89. The Morgan fingerprint density at radius 3 is 2.76 bits per heavy atom. The van der Waals surface area contributed by atoms with E-state index in [0.29, 0.717) is 16.8 Å². The summed E-state index contributed by atoms with van der Waals surface area (Å²) in [6.07, 6.45) is 2.65. The molecular formula is C19H15ClF2N4O2S. The lowest BCUT2D eigenvalue weighted by Crippen LogP contribution is -2.48. The van der Waals surface area contributed by atoms with Crippen molar-refractivity contribution in [2.75, 3.05) is 17.2 Å².